The number of rotatable bonds is 8. The Hall–Kier alpha value is -1.74. The molecule has 0 aliphatic heterocycles. The number of hydrogen-bond donors (Lipinski definition) is 2. The molecule has 0 saturated heterocycles. The minimum Gasteiger partial charge on any atom is -0.493 e. The normalized spacial score (nSPS) is 10.7. The van der Waals surface area contributed by atoms with Crippen LogP contribution >= 0.6 is 35.6 Å². The van der Waals surface area contributed by atoms with E-state index in [0.717, 1.165) is 17.8 Å². The molecule has 6 nitrogen and oxygen atoms in total. The zero-order valence-electron chi connectivity index (χ0n) is 15.8. The van der Waals surface area contributed by atoms with Gasteiger partial charge in [0.1, 0.15) is 0 Å². The first-order chi connectivity index (χ1) is 12.7. The predicted molar refractivity (Wildman–Crippen MR) is 120 cm³/mol. The van der Waals surface area contributed by atoms with Gasteiger partial charge in [-0.15, -0.1) is 24.0 Å². The molecular weight excluding hydrogens is 479 g/mol. The zero-order chi connectivity index (χ0) is 18.8. The Kier molecular flexibility index (Phi) is 10.9. The summed E-state index contributed by atoms with van der Waals surface area (Å²) in [6.45, 7) is 6.27. The van der Waals surface area contributed by atoms with Gasteiger partial charge in [0.05, 0.1) is 37.5 Å². The molecule has 2 rings (SSSR count). The highest BCUT2D eigenvalue weighted by atomic mass is 127. The third kappa shape index (κ3) is 7.42. The highest BCUT2D eigenvalue weighted by Crippen LogP contribution is 2.36. The minimum atomic E-state index is 0. The second-order valence-electron chi connectivity index (χ2n) is 5.41. The third-order valence-electron chi connectivity index (χ3n) is 3.50. The van der Waals surface area contributed by atoms with Crippen LogP contribution in [0.5, 0.6) is 11.5 Å². The van der Waals surface area contributed by atoms with Crippen LogP contribution in [-0.4, -0.2) is 31.2 Å². The van der Waals surface area contributed by atoms with E-state index in [9.17, 15) is 0 Å². The summed E-state index contributed by atoms with van der Waals surface area (Å²) in [5.74, 6) is 1.88. The van der Waals surface area contributed by atoms with Crippen molar-refractivity contribution < 1.29 is 9.47 Å². The van der Waals surface area contributed by atoms with Gasteiger partial charge < -0.3 is 20.1 Å². The quantitative estimate of drug-likeness (QED) is 0.323. The molecule has 0 atom stereocenters. The molecule has 0 spiro atoms. The monoisotopic (exact) mass is 504 g/mol. The number of pyridine rings is 1. The summed E-state index contributed by atoms with van der Waals surface area (Å²) in [4.78, 5) is 8.90. The van der Waals surface area contributed by atoms with Gasteiger partial charge in [0.2, 0.25) is 0 Å². The molecule has 0 fully saturated rings. The van der Waals surface area contributed by atoms with Gasteiger partial charge in [-0.05, 0) is 43.7 Å². The van der Waals surface area contributed by atoms with Gasteiger partial charge in [-0.1, -0.05) is 17.7 Å². The average molecular weight is 505 g/mol. The predicted octanol–water partition coefficient (Wildman–Crippen LogP) is 4.02. The molecule has 0 saturated carbocycles. The smallest absolute Gasteiger partial charge is 0.191 e. The fraction of sp³-hybridized carbons (Fsp3) is 0.368. The summed E-state index contributed by atoms with van der Waals surface area (Å²) in [5.41, 5.74) is 1.88. The summed E-state index contributed by atoms with van der Waals surface area (Å²) in [7, 11) is 1.60. The van der Waals surface area contributed by atoms with Crippen molar-refractivity contribution in [3.05, 3.63) is 52.8 Å². The van der Waals surface area contributed by atoms with Gasteiger partial charge in [-0.2, -0.15) is 0 Å². The van der Waals surface area contributed by atoms with Crippen molar-refractivity contribution in [1.82, 2.24) is 15.6 Å². The van der Waals surface area contributed by atoms with Gasteiger partial charge >= 0.3 is 0 Å². The lowest BCUT2D eigenvalue weighted by molar-refractivity contribution is 0.311. The van der Waals surface area contributed by atoms with Crippen LogP contribution in [0.25, 0.3) is 0 Å². The average Bonchev–Trinajstić information content (AvgIpc) is 2.66. The van der Waals surface area contributed by atoms with Crippen molar-refractivity contribution in [2.24, 2.45) is 4.99 Å². The Labute approximate surface area is 182 Å². The Morgan fingerprint density at radius 2 is 2.04 bits per heavy atom. The molecule has 8 heteroatoms. The molecule has 27 heavy (non-hydrogen) atoms. The summed E-state index contributed by atoms with van der Waals surface area (Å²) in [6, 6.07) is 9.56. The lowest BCUT2D eigenvalue weighted by Crippen LogP contribution is -2.37. The van der Waals surface area contributed by atoms with Crippen LogP contribution in [-0.2, 0) is 13.1 Å². The fourth-order valence-corrected chi connectivity index (χ4v) is 2.63. The van der Waals surface area contributed by atoms with Crippen LogP contribution in [0.1, 0.15) is 25.1 Å². The van der Waals surface area contributed by atoms with Crippen LogP contribution in [0.3, 0.4) is 0 Å². The van der Waals surface area contributed by atoms with Crippen molar-refractivity contribution in [1.29, 1.82) is 0 Å². The van der Waals surface area contributed by atoms with Gasteiger partial charge in [0, 0.05) is 12.7 Å². The molecule has 0 radical (unpaired) electrons. The maximum atomic E-state index is 6.32. The second-order valence-corrected chi connectivity index (χ2v) is 5.82. The van der Waals surface area contributed by atoms with E-state index < -0.39 is 0 Å². The van der Waals surface area contributed by atoms with Gasteiger partial charge in [-0.25, -0.2) is 4.99 Å². The molecule has 1 aromatic carbocycles. The summed E-state index contributed by atoms with van der Waals surface area (Å²) in [6.07, 6.45) is 1.77. The molecule has 2 N–H and O–H groups in total. The summed E-state index contributed by atoms with van der Waals surface area (Å²) in [5, 5.41) is 7.01. The largest absolute Gasteiger partial charge is 0.493 e. The topological polar surface area (TPSA) is 67.8 Å². The molecule has 1 heterocycles. The second kappa shape index (κ2) is 12.6. The van der Waals surface area contributed by atoms with Crippen LogP contribution in [0.15, 0.2) is 41.5 Å². The first kappa shape index (κ1) is 23.3. The van der Waals surface area contributed by atoms with E-state index in [4.69, 9.17) is 21.1 Å². The first-order valence-electron chi connectivity index (χ1n) is 8.59. The molecule has 0 unspecified atom stereocenters. The van der Waals surface area contributed by atoms with Crippen molar-refractivity contribution in [2.45, 2.75) is 26.9 Å². The lowest BCUT2D eigenvalue weighted by Gasteiger charge is -2.13. The molecule has 0 aliphatic rings. The molecule has 0 bridgehead atoms. The van der Waals surface area contributed by atoms with Crippen LogP contribution in [0.2, 0.25) is 5.02 Å². The van der Waals surface area contributed by atoms with E-state index >= 15 is 0 Å². The Bertz CT molecular complexity index is 729. The maximum absolute atomic E-state index is 6.32. The van der Waals surface area contributed by atoms with E-state index in [-0.39, 0.29) is 24.0 Å². The minimum absolute atomic E-state index is 0. The zero-order valence-corrected chi connectivity index (χ0v) is 18.9. The van der Waals surface area contributed by atoms with Gasteiger partial charge in [0.25, 0.3) is 0 Å². The molecule has 1 aromatic heterocycles. The molecule has 0 amide bonds. The molecule has 2 aromatic rings. The maximum Gasteiger partial charge on any atom is 0.191 e. The number of nitrogens with zero attached hydrogens (tertiary/aromatic N) is 2. The van der Waals surface area contributed by atoms with Gasteiger partial charge in [0.15, 0.2) is 17.5 Å². The van der Waals surface area contributed by atoms with E-state index in [1.165, 1.54) is 0 Å². The van der Waals surface area contributed by atoms with E-state index in [1.807, 2.05) is 44.2 Å². The standard InChI is InChI=1S/C19H25ClN4O2.HI/c1-4-21-19(24-13-15-8-6-7-9-22-15)23-12-14-10-16(20)18(26-5-2)17(11-14)25-3;/h6-11H,4-5,12-13H2,1-3H3,(H2,21,23,24);1H. The van der Waals surface area contributed by atoms with Crippen molar-refractivity contribution in [3.63, 3.8) is 0 Å². The van der Waals surface area contributed by atoms with Crippen molar-refractivity contribution >= 4 is 41.5 Å². The highest BCUT2D eigenvalue weighted by molar-refractivity contribution is 14.0. The Morgan fingerprint density at radius 1 is 1.22 bits per heavy atom. The number of guanidine groups is 1. The number of halogens is 2. The molecule has 148 valence electrons. The van der Waals surface area contributed by atoms with Crippen molar-refractivity contribution in [3.8, 4) is 11.5 Å². The number of methoxy groups -OCH3 is 1. The summed E-state index contributed by atoms with van der Waals surface area (Å²) < 4.78 is 10.9. The Balaban J connectivity index is 0.00000364. The van der Waals surface area contributed by atoms with Crippen LogP contribution < -0.4 is 20.1 Å². The van der Waals surface area contributed by atoms with E-state index in [0.29, 0.717) is 42.2 Å². The van der Waals surface area contributed by atoms with Gasteiger partial charge in [-0.3, -0.25) is 4.98 Å². The highest BCUT2D eigenvalue weighted by Gasteiger charge is 2.11. The van der Waals surface area contributed by atoms with E-state index in [1.54, 1.807) is 13.3 Å². The summed E-state index contributed by atoms with van der Waals surface area (Å²) >= 11 is 6.32. The lowest BCUT2D eigenvalue weighted by atomic mass is 10.2. The number of benzene rings is 1. The van der Waals surface area contributed by atoms with Crippen LogP contribution in [0.4, 0.5) is 0 Å². The third-order valence-corrected chi connectivity index (χ3v) is 3.79. The molecular formula is C19H26ClIN4O2. The Morgan fingerprint density at radius 3 is 2.67 bits per heavy atom. The fourth-order valence-electron chi connectivity index (χ4n) is 2.34. The number of hydrogen-bond acceptors (Lipinski definition) is 4. The molecule has 0 aliphatic carbocycles. The van der Waals surface area contributed by atoms with Crippen molar-refractivity contribution in [2.75, 3.05) is 20.3 Å². The van der Waals surface area contributed by atoms with Crippen LogP contribution in [0, 0.1) is 0 Å². The van der Waals surface area contributed by atoms with E-state index in [2.05, 4.69) is 20.6 Å². The number of ether oxygens (including phenoxy) is 2. The number of aromatic nitrogens is 1. The first-order valence-corrected chi connectivity index (χ1v) is 8.97. The number of aliphatic imine (C=N–C) groups is 1. The SMILES string of the molecule is CCNC(=NCc1cc(Cl)c(OCC)c(OC)c1)NCc1ccccn1.I. The number of nitrogens with one attached hydrogen (secondary N) is 2.